The number of anilines is 1. The summed E-state index contributed by atoms with van der Waals surface area (Å²) >= 11 is 0. The van der Waals surface area contributed by atoms with Crippen LogP contribution < -0.4 is 11.3 Å². The zero-order valence-electron chi connectivity index (χ0n) is 12.2. The molecule has 1 aliphatic heterocycles. The van der Waals surface area contributed by atoms with Crippen LogP contribution >= 0.6 is 0 Å². The van der Waals surface area contributed by atoms with Gasteiger partial charge in [0, 0.05) is 30.5 Å². The molecule has 1 atom stereocenters. The monoisotopic (exact) mass is 284 g/mol. The summed E-state index contributed by atoms with van der Waals surface area (Å²) in [6, 6.07) is 9.97. The third-order valence-corrected chi connectivity index (χ3v) is 4.17. The number of carbonyl (C=O) groups excluding carboxylic acids is 1. The first-order valence-corrected chi connectivity index (χ1v) is 7.34. The number of fused-ring (bicyclic) bond motifs is 1. The van der Waals surface area contributed by atoms with E-state index >= 15 is 0 Å². The molecule has 2 heterocycles. The number of para-hydroxylation sites is 1. The highest BCUT2D eigenvalue weighted by atomic mass is 16.2. The number of likely N-dealkylation sites (tertiary alicyclic amines) is 1. The van der Waals surface area contributed by atoms with E-state index in [2.05, 4.69) is 23.4 Å². The van der Waals surface area contributed by atoms with Crippen molar-refractivity contribution >= 4 is 22.6 Å². The van der Waals surface area contributed by atoms with Gasteiger partial charge in [0.05, 0.1) is 5.52 Å². The van der Waals surface area contributed by atoms with Gasteiger partial charge < -0.3 is 10.3 Å². The minimum absolute atomic E-state index is 0.220. The first-order valence-electron chi connectivity index (χ1n) is 7.34. The fourth-order valence-corrected chi connectivity index (χ4v) is 2.89. The molecule has 1 aromatic heterocycles. The van der Waals surface area contributed by atoms with Gasteiger partial charge in [0.1, 0.15) is 5.82 Å². The Bertz CT molecular complexity index is 670. The molecule has 5 heteroatoms. The van der Waals surface area contributed by atoms with Crippen LogP contribution in [-0.4, -0.2) is 22.3 Å². The van der Waals surface area contributed by atoms with Crippen molar-refractivity contribution < 1.29 is 4.79 Å². The molecular formula is C16H20N4O. The first kappa shape index (κ1) is 13.8. The van der Waals surface area contributed by atoms with E-state index in [1.165, 1.54) is 0 Å². The van der Waals surface area contributed by atoms with Crippen molar-refractivity contribution in [3.05, 3.63) is 35.9 Å². The summed E-state index contributed by atoms with van der Waals surface area (Å²) in [6.45, 7) is 3.52. The van der Waals surface area contributed by atoms with Crippen molar-refractivity contribution in [2.75, 3.05) is 12.0 Å². The number of nitrogens with one attached hydrogen (secondary N) is 1. The second kappa shape index (κ2) is 5.69. The molecule has 5 nitrogen and oxygen atoms in total. The Morgan fingerprint density at radius 1 is 1.43 bits per heavy atom. The summed E-state index contributed by atoms with van der Waals surface area (Å²) in [4.78, 5) is 18.5. The van der Waals surface area contributed by atoms with Gasteiger partial charge in [0.2, 0.25) is 5.91 Å². The predicted octanol–water partition coefficient (Wildman–Crippen LogP) is 2.28. The number of nitrogens with zero attached hydrogens (tertiary/aromatic N) is 2. The lowest BCUT2D eigenvalue weighted by molar-refractivity contribution is -0.128. The lowest BCUT2D eigenvalue weighted by Gasteiger charge is -2.18. The van der Waals surface area contributed by atoms with E-state index in [1.54, 1.807) is 0 Å². The van der Waals surface area contributed by atoms with Crippen LogP contribution in [0.5, 0.6) is 0 Å². The van der Waals surface area contributed by atoms with Gasteiger partial charge in [-0.15, -0.1) is 0 Å². The molecule has 1 unspecified atom stereocenters. The van der Waals surface area contributed by atoms with Gasteiger partial charge in [-0.05, 0) is 18.1 Å². The molecule has 3 N–H and O–H groups in total. The number of carbonyl (C=O) groups is 1. The predicted molar refractivity (Wildman–Crippen MR) is 83.4 cm³/mol. The molecule has 0 aliphatic carbocycles. The number of rotatable bonds is 4. The Labute approximate surface area is 124 Å². The zero-order valence-corrected chi connectivity index (χ0v) is 12.2. The largest absolute Gasteiger partial charge is 0.338 e. The average molecular weight is 284 g/mol. The molecule has 110 valence electrons. The number of amides is 1. The Hall–Kier alpha value is -2.14. The molecule has 0 spiro atoms. The highest BCUT2D eigenvalue weighted by molar-refractivity contribution is 5.82. The first-order chi connectivity index (χ1) is 10.2. The van der Waals surface area contributed by atoms with Crippen LogP contribution in [0.4, 0.5) is 5.82 Å². The third-order valence-electron chi connectivity index (χ3n) is 4.17. The van der Waals surface area contributed by atoms with Gasteiger partial charge in [0.15, 0.2) is 0 Å². The molecular weight excluding hydrogens is 264 g/mol. The van der Waals surface area contributed by atoms with Crippen LogP contribution in [0.25, 0.3) is 10.9 Å². The summed E-state index contributed by atoms with van der Waals surface area (Å²) in [5, 5.41) is 1.06. The second-order valence-corrected chi connectivity index (χ2v) is 5.59. The van der Waals surface area contributed by atoms with Gasteiger partial charge in [-0.25, -0.2) is 10.8 Å². The number of benzene rings is 1. The third kappa shape index (κ3) is 2.69. The lowest BCUT2D eigenvalue weighted by atomic mass is 10.1. The molecule has 1 amide bonds. The van der Waals surface area contributed by atoms with E-state index in [1.807, 2.05) is 29.2 Å². The molecule has 1 aliphatic rings. The van der Waals surface area contributed by atoms with E-state index in [0.29, 0.717) is 24.7 Å². The van der Waals surface area contributed by atoms with Crippen molar-refractivity contribution in [2.24, 2.45) is 11.8 Å². The molecule has 0 bridgehead atoms. The van der Waals surface area contributed by atoms with Crippen LogP contribution in [0.3, 0.4) is 0 Å². The van der Waals surface area contributed by atoms with Crippen molar-refractivity contribution in [3.63, 3.8) is 0 Å². The molecule has 1 saturated heterocycles. The fourth-order valence-electron chi connectivity index (χ4n) is 2.89. The number of aromatic nitrogens is 1. The molecule has 2 aromatic rings. The van der Waals surface area contributed by atoms with E-state index in [9.17, 15) is 4.79 Å². The molecule has 1 fully saturated rings. The van der Waals surface area contributed by atoms with E-state index in [-0.39, 0.29) is 5.91 Å². The maximum absolute atomic E-state index is 12.1. The van der Waals surface area contributed by atoms with Crippen LogP contribution in [0.15, 0.2) is 30.3 Å². The van der Waals surface area contributed by atoms with Crippen molar-refractivity contribution in [3.8, 4) is 0 Å². The van der Waals surface area contributed by atoms with Crippen molar-refractivity contribution in [2.45, 2.75) is 26.3 Å². The van der Waals surface area contributed by atoms with Gasteiger partial charge in [-0.2, -0.15) is 0 Å². The van der Waals surface area contributed by atoms with E-state index in [4.69, 9.17) is 5.84 Å². The smallest absolute Gasteiger partial charge is 0.223 e. The molecule has 3 rings (SSSR count). The number of pyridine rings is 1. The normalized spacial score (nSPS) is 18.5. The Balaban J connectivity index is 1.91. The number of hydrogen-bond donors (Lipinski definition) is 2. The lowest BCUT2D eigenvalue weighted by Crippen LogP contribution is -2.25. The van der Waals surface area contributed by atoms with Gasteiger partial charge >= 0.3 is 0 Å². The van der Waals surface area contributed by atoms with Gasteiger partial charge in [-0.1, -0.05) is 31.5 Å². The van der Waals surface area contributed by atoms with E-state index < -0.39 is 0 Å². The fraction of sp³-hybridized carbons (Fsp3) is 0.375. The molecule has 0 radical (unpaired) electrons. The maximum atomic E-state index is 12.1. The summed E-state index contributed by atoms with van der Waals surface area (Å²) in [5.41, 5.74) is 4.51. The summed E-state index contributed by atoms with van der Waals surface area (Å²) in [7, 11) is 0. The van der Waals surface area contributed by atoms with Gasteiger partial charge in [-0.3, -0.25) is 4.79 Å². The second-order valence-electron chi connectivity index (χ2n) is 5.59. The maximum Gasteiger partial charge on any atom is 0.223 e. The minimum Gasteiger partial charge on any atom is -0.338 e. The van der Waals surface area contributed by atoms with Crippen LogP contribution in [0.2, 0.25) is 0 Å². The number of nitrogen functional groups attached to an aromatic ring is 1. The number of hydrogen-bond acceptors (Lipinski definition) is 4. The number of nitrogens with two attached hydrogens (primary N) is 1. The highest BCUT2D eigenvalue weighted by Crippen LogP contribution is 2.26. The minimum atomic E-state index is 0.220. The van der Waals surface area contributed by atoms with Crippen molar-refractivity contribution in [1.82, 2.24) is 9.88 Å². The Morgan fingerprint density at radius 2 is 2.24 bits per heavy atom. The molecule has 0 saturated carbocycles. The zero-order chi connectivity index (χ0) is 14.8. The van der Waals surface area contributed by atoms with Crippen LogP contribution in [0, 0.1) is 5.92 Å². The summed E-state index contributed by atoms with van der Waals surface area (Å²) < 4.78 is 0. The Kier molecular flexibility index (Phi) is 3.75. The Morgan fingerprint density at radius 3 is 2.95 bits per heavy atom. The number of hydrazine groups is 1. The topological polar surface area (TPSA) is 71.2 Å². The molecule has 1 aromatic carbocycles. The summed E-state index contributed by atoms with van der Waals surface area (Å²) in [6.07, 6.45) is 1.70. The van der Waals surface area contributed by atoms with Gasteiger partial charge in [0.25, 0.3) is 0 Å². The average Bonchev–Trinajstić information content (AvgIpc) is 2.87. The quantitative estimate of drug-likeness (QED) is 0.667. The highest BCUT2D eigenvalue weighted by Gasteiger charge is 2.28. The van der Waals surface area contributed by atoms with Crippen LogP contribution in [0.1, 0.15) is 25.3 Å². The SMILES string of the molecule is CCC1CC(=O)N(Cc2cc3ccccc3nc2NN)C1. The molecule has 21 heavy (non-hydrogen) atoms. The standard InChI is InChI=1S/C16H20N4O/c1-2-11-7-15(21)20(9-11)10-13-8-12-5-3-4-6-14(12)18-16(13)19-17/h3-6,8,11H,2,7,9-10,17H2,1H3,(H,18,19). The van der Waals surface area contributed by atoms with Crippen molar-refractivity contribution in [1.29, 1.82) is 0 Å². The van der Waals surface area contributed by atoms with Crippen LogP contribution in [-0.2, 0) is 11.3 Å². The summed E-state index contributed by atoms with van der Waals surface area (Å²) in [5.74, 6) is 6.92. The van der Waals surface area contributed by atoms with E-state index in [0.717, 1.165) is 29.4 Å².